The van der Waals surface area contributed by atoms with Gasteiger partial charge in [-0.15, -0.1) is 0 Å². The number of rotatable bonds is 9. The Kier molecular flexibility index (Phi) is 10.1. The summed E-state index contributed by atoms with van der Waals surface area (Å²) in [6.07, 6.45) is 12.6. The van der Waals surface area contributed by atoms with Gasteiger partial charge in [0.15, 0.2) is 11.9 Å². The molecule has 2 aliphatic rings. The van der Waals surface area contributed by atoms with Crippen LogP contribution in [0.2, 0.25) is 0 Å². The zero-order chi connectivity index (χ0) is 16.7. The minimum atomic E-state index is 0.964. The summed E-state index contributed by atoms with van der Waals surface area (Å²) in [4.78, 5) is 9.02. The van der Waals surface area contributed by atoms with Crippen molar-refractivity contribution in [1.29, 1.82) is 0 Å². The molecule has 4 N–H and O–H groups in total. The maximum Gasteiger partial charge on any atom is 0.191 e. The van der Waals surface area contributed by atoms with Gasteiger partial charge in [-0.3, -0.25) is 9.98 Å². The second kappa shape index (κ2) is 12.9. The fraction of sp³-hybridized carbons (Fsp3) is 0.889. The van der Waals surface area contributed by atoms with Gasteiger partial charge in [-0.25, -0.2) is 0 Å². The third kappa shape index (κ3) is 8.99. The van der Waals surface area contributed by atoms with E-state index in [1.54, 1.807) is 0 Å². The van der Waals surface area contributed by atoms with Gasteiger partial charge in [-0.05, 0) is 38.5 Å². The molecule has 0 atom stereocenters. The average Bonchev–Trinajstić information content (AvgIpc) is 3.01. The monoisotopic (exact) mass is 336 g/mol. The van der Waals surface area contributed by atoms with Crippen molar-refractivity contribution >= 4 is 11.9 Å². The number of hydrogen-bond donors (Lipinski definition) is 4. The lowest BCUT2D eigenvalue weighted by atomic mass is 10.1. The molecular weight excluding hydrogens is 300 g/mol. The van der Waals surface area contributed by atoms with E-state index < -0.39 is 0 Å². The molecule has 2 aliphatic heterocycles. The van der Waals surface area contributed by atoms with Gasteiger partial charge in [0, 0.05) is 39.3 Å². The van der Waals surface area contributed by atoms with E-state index in [0.717, 1.165) is 51.2 Å². The zero-order valence-corrected chi connectivity index (χ0v) is 15.2. The largest absolute Gasteiger partial charge is 0.356 e. The molecular formula is C18H36N6. The van der Waals surface area contributed by atoms with Crippen LogP contribution in [0.5, 0.6) is 0 Å². The molecule has 0 amide bonds. The number of nitrogens with one attached hydrogen (secondary N) is 4. The second-order valence-electron chi connectivity index (χ2n) is 6.70. The van der Waals surface area contributed by atoms with E-state index in [4.69, 9.17) is 0 Å². The van der Waals surface area contributed by atoms with Crippen molar-refractivity contribution in [3.63, 3.8) is 0 Å². The molecule has 0 saturated heterocycles. The van der Waals surface area contributed by atoms with Gasteiger partial charge >= 0.3 is 0 Å². The van der Waals surface area contributed by atoms with Gasteiger partial charge in [0.25, 0.3) is 0 Å². The molecule has 0 fully saturated rings. The van der Waals surface area contributed by atoms with Gasteiger partial charge in [0.05, 0.1) is 0 Å². The average molecular weight is 337 g/mol. The Hall–Kier alpha value is -1.46. The molecule has 2 rings (SSSR count). The van der Waals surface area contributed by atoms with Gasteiger partial charge in [0.2, 0.25) is 0 Å². The zero-order valence-electron chi connectivity index (χ0n) is 15.2. The Bertz CT molecular complexity index is 344. The van der Waals surface area contributed by atoms with Crippen molar-refractivity contribution < 1.29 is 0 Å². The van der Waals surface area contributed by atoms with Crippen LogP contribution in [0.15, 0.2) is 9.98 Å². The molecule has 2 heterocycles. The van der Waals surface area contributed by atoms with Crippen LogP contribution in [0.1, 0.15) is 64.2 Å². The van der Waals surface area contributed by atoms with Crippen molar-refractivity contribution in [2.45, 2.75) is 64.2 Å². The Morgan fingerprint density at radius 2 is 1.08 bits per heavy atom. The van der Waals surface area contributed by atoms with E-state index in [0.29, 0.717) is 0 Å². The minimum absolute atomic E-state index is 0.964. The van der Waals surface area contributed by atoms with Crippen LogP contribution >= 0.6 is 0 Å². The van der Waals surface area contributed by atoms with Crippen molar-refractivity contribution in [1.82, 2.24) is 21.3 Å². The topological polar surface area (TPSA) is 72.8 Å². The quantitative estimate of drug-likeness (QED) is 0.486. The Morgan fingerprint density at radius 3 is 1.58 bits per heavy atom. The lowest BCUT2D eigenvalue weighted by molar-refractivity contribution is 0.583. The number of unbranched alkanes of at least 4 members (excludes halogenated alkanes) is 5. The van der Waals surface area contributed by atoms with Crippen LogP contribution in [0.25, 0.3) is 0 Å². The van der Waals surface area contributed by atoms with Crippen molar-refractivity contribution in [3.05, 3.63) is 0 Å². The first-order valence-electron chi connectivity index (χ1n) is 9.99. The number of hydrogen-bond acceptors (Lipinski definition) is 6. The highest BCUT2D eigenvalue weighted by Crippen LogP contribution is 2.04. The Balaban J connectivity index is 1.35. The van der Waals surface area contributed by atoms with Gasteiger partial charge in [-0.1, -0.05) is 25.7 Å². The molecule has 0 saturated carbocycles. The van der Waals surface area contributed by atoms with Crippen LogP contribution in [0, 0.1) is 0 Å². The molecule has 0 bridgehead atoms. The third-order valence-electron chi connectivity index (χ3n) is 4.48. The lowest BCUT2D eigenvalue weighted by Gasteiger charge is -2.10. The van der Waals surface area contributed by atoms with E-state index >= 15 is 0 Å². The van der Waals surface area contributed by atoms with E-state index in [-0.39, 0.29) is 0 Å². The summed E-state index contributed by atoms with van der Waals surface area (Å²) in [6.45, 7) is 6.12. The predicted molar refractivity (Wildman–Crippen MR) is 103 cm³/mol. The van der Waals surface area contributed by atoms with Crippen molar-refractivity contribution in [3.8, 4) is 0 Å². The van der Waals surface area contributed by atoms with Crippen LogP contribution in [-0.2, 0) is 0 Å². The summed E-state index contributed by atoms with van der Waals surface area (Å²) >= 11 is 0. The molecule has 0 radical (unpaired) electrons. The predicted octanol–water partition coefficient (Wildman–Crippen LogP) is 1.99. The minimum Gasteiger partial charge on any atom is -0.356 e. The Labute approximate surface area is 147 Å². The molecule has 0 aromatic carbocycles. The van der Waals surface area contributed by atoms with Gasteiger partial charge in [0.1, 0.15) is 0 Å². The first kappa shape index (κ1) is 18.9. The summed E-state index contributed by atoms with van der Waals surface area (Å²) in [5.41, 5.74) is 0. The molecule has 0 spiro atoms. The summed E-state index contributed by atoms with van der Waals surface area (Å²) in [6, 6.07) is 0. The van der Waals surface area contributed by atoms with E-state index in [2.05, 4.69) is 31.3 Å². The molecule has 24 heavy (non-hydrogen) atoms. The van der Waals surface area contributed by atoms with Crippen LogP contribution < -0.4 is 21.3 Å². The molecule has 138 valence electrons. The molecule has 6 heteroatoms. The van der Waals surface area contributed by atoms with Crippen LogP contribution in [0.4, 0.5) is 0 Å². The normalized spacial score (nSPS) is 18.3. The summed E-state index contributed by atoms with van der Waals surface area (Å²) in [7, 11) is 0. The van der Waals surface area contributed by atoms with Gasteiger partial charge < -0.3 is 21.3 Å². The first-order chi connectivity index (χ1) is 11.9. The van der Waals surface area contributed by atoms with Gasteiger partial charge in [-0.2, -0.15) is 0 Å². The van der Waals surface area contributed by atoms with Crippen molar-refractivity contribution in [2.24, 2.45) is 9.98 Å². The number of guanidine groups is 2. The lowest BCUT2D eigenvalue weighted by Crippen LogP contribution is -2.37. The summed E-state index contributed by atoms with van der Waals surface area (Å²) in [5.74, 6) is 2.02. The maximum atomic E-state index is 4.51. The molecule has 6 nitrogen and oxygen atoms in total. The van der Waals surface area contributed by atoms with Crippen molar-refractivity contribution in [2.75, 3.05) is 39.3 Å². The highest BCUT2D eigenvalue weighted by atomic mass is 15.2. The summed E-state index contributed by atoms with van der Waals surface area (Å²) < 4.78 is 0. The van der Waals surface area contributed by atoms with E-state index in [9.17, 15) is 0 Å². The number of nitrogens with zero attached hydrogens (tertiary/aromatic N) is 2. The summed E-state index contributed by atoms with van der Waals surface area (Å²) in [5, 5.41) is 13.6. The van der Waals surface area contributed by atoms with Crippen LogP contribution in [-0.4, -0.2) is 51.2 Å². The smallest absolute Gasteiger partial charge is 0.191 e. The fourth-order valence-electron chi connectivity index (χ4n) is 2.99. The molecule has 0 unspecified atom stereocenters. The van der Waals surface area contributed by atoms with E-state index in [1.807, 2.05) is 0 Å². The highest BCUT2D eigenvalue weighted by Gasteiger charge is 2.02. The SMILES string of the molecule is C(CCCCNC1=NCCCCN1)CCCNC1=NCCCCN1. The standard InChI is InChI=1S/C18H36N6/c1(3-5-11-19-17-21-13-7-8-14-22-17)2-4-6-12-20-18-23-15-9-10-16-24-18/h1-16H2,(H2,19,21,22)(H2,20,23,24). The second-order valence-corrected chi connectivity index (χ2v) is 6.70. The highest BCUT2D eigenvalue weighted by molar-refractivity contribution is 5.80. The molecule has 0 aromatic rings. The Morgan fingerprint density at radius 1 is 0.625 bits per heavy atom. The first-order valence-corrected chi connectivity index (χ1v) is 9.99. The number of aliphatic imine (C=N–C) groups is 2. The third-order valence-corrected chi connectivity index (χ3v) is 4.48. The van der Waals surface area contributed by atoms with Crippen LogP contribution in [0.3, 0.4) is 0 Å². The fourth-order valence-corrected chi connectivity index (χ4v) is 2.99. The molecule has 0 aliphatic carbocycles. The maximum absolute atomic E-state index is 4.51. The van der Waals surface area contributed by atoms with E-state index in [1.165, 1.54) is 64.2 Å². The molecule has 0 aromatic heterocycles.